The van der Waals surface area contributed by atoms with Crippen LogP contribution < -0.4 is 9.64 Å². The molecule has 0 aliphatic carbocycles. The highest BCUT2D eigenvalue weighted by molar-refractivity contribution is 6.51. The van der Waals surface area contributed by atoms with Crippen LogP contribution in [-0.2, 0) is 20.8 Å². The van der Waals surface area contributed by atoms with Gasteiger partial charge in [0.15, 0.2) is 0 Å². The number of ether oxygens (including phenoxy) is 1. The molecule has 4 rings (SSSR count). The number of amides is 1. The van der Waals surface area contributed by atoms with Gasteiger partial charge in [-0.3, -0.25) is 19.3 Å². The van der Waals surface area contributed by atoms with Crippen molar-refractivity contribution in [3.8, 4) is 5.75 Å². The molecule has 1 fully saturated rings. The Balaban J connectivity index is 1.83. The molecule has 0 spiro atoms. The summed E-state index contributed by atoms with van der Waals surface area (Å²) in [6.07, 6.45) is -0.176. The predicted molar refractivity (Wildman–Crippen MR) is 136 cm³/mol. The van der Waals surface area contributed by atoms with Gasteiger partial charge in [0.1, 0.15) is 11.5 Å². The average Bonchev–Trinajstić information content (AvgIpc) is 3.11. The molecule has 1 heterocycles. The smallest absolute Gasteiger partial charge is 0.307 e. The number of aliphatic hydroxyl groups is 1. The molecule has 0 bridgehead atoms. The lowest BCUT2D eigenvalue weighted by atomic mass is 9.94. The molecule has 7 heteroatoms. The Labute approximate surface area is 209 Å². The van der Waals surface area contributed by atoms with Gasteiger partial charge in [0.25, 0.3) is 11.7 Å². The lowest BCUT2D eigenvalue weighted by Crippen LogP contribution is -2.29. The molecule has 1 unspecified atom stereocenters. The number of carbonyl (C=O) groups is 3. The number of aliphatic carboxylic acids is 1. The predicted octanol–water partition coefficient (Wildman–Crippen LogP) is 5.04. The van der Waals surface area contributed by atoms with Crippen LogP contribution >= 0.6 is 0 Å². The topological polar surface area (TPSA) is 104 Å². The third-order valence-electron chi connectivity index (χ3n) is 5.94. The van der Waals surface area contributed by atoms with Crippen molar-refractivity contribution in [1.82, 2.24) is 0 Å². The van der Waals surface area contributed by atoms with Crippen LogP contribution in [0.5, 0.6) is 5.75 Å². The third kappa shape index (κ3) is 4.86. The molecule has 2 N–H and O–H groups in total. The molecular weight excluding hydrogens is 458 g/mol. The maximum Gasteiger partial charge on any atom is 0.307 e. The first-order chi connectivity index (χ1) is 17.2. The number of carbonyl (C=O) groups excluding carboxylic acids is 2. The first-order valence-electron chi connectivity index (χ1n) is 11.6. The number of anilines is 1. The van der Waals surface area contributed by atoms with Crippen molar-refractivity contribution in [2.24, 2.45) is 0 Å². The first kappa shape index (κ1) is 24.7. The van der Waals surface area contributed by atoms with E-state index in [-0.39, 0.29) is 23.9 Å². The summed E-state index contributed by atoms with van der Waals surface area (Å²) < 4.78 is 5.78. The number of Topliss-reactive ketones (excluding diaryl/α,β-unsaturated/α-hetero) is 1. The monoisotopic (exact) mass is 485 g/mol. The molecular formula is C29H27NO6. The number of rotatable bonds is 7. The van der Waals surface area contributed by atoms with Crippen LogP contribution in [0.15, 0.2) is 78.4 Å². The summed E-state index contributed by atoms with van der Waals surface area (Å²) in [7, 11) is 0. The summed E-state index contributed by atoms with van der Waals surface area (Å²) in [5.41, 5.74) is 2.82. The molecule has 3 aromatic rings. The van der Waals surface area contributed by atoms with Gasteiger partial charge in [-0.25, -0.2) is 0 Å². The molecule has 1 atom stereocenters. The van der Waals surface area contributed by atoms with Gasteiger partial charge in [-0.2, -0.15) is 0 Å². The van der Waals surface area contributed by atoms with Crippen molar-refractivity contribution in [2.75, 3.05) is 4.90 Å². The summed E-state index contributed by atoms with van der Waals surface area (Å²) in [5.74, 6) is -2.13. The van der Waals surface area contributed by atoms with Gasteiger partial charge in [-0.15, -0.1) is 0 Å². The zero-order valence-electron chi connectivity index (χ0n) is 20.3. The van der Waals surface area contributed by atoms with E-state index in [1.54, 1.807) is 66.7 Å². The minimum absolute atomic E-state index is 0.0160. The highest BCUT2D eigenvalue weighted by atomic mass is 16.5. The molecule has 1 saturated heterocycles. The van der Waals surface area contributed by atoms with Gasteiger partial charge in [-0.1, -0.05) is 42.5 Å². The molecule has 36 heavy (non-hydrogen) atoms. The second kappa shape index (κ2) is 10.1. The Kier molecular flexibility index (Phi) is 6.92. The van der Waals surface area contributed by atoms with E-state index in [0.29, 0.717) is 28.1 Å². The van der Waals surface area contributed by atoms with Crippen LogP contribution in [-0.4, -0.2) is 34.0 Å². The SMILES string of the molecule is Cc1cc(/C(O)=C2/C(=O)C(=O)N(c3ccc(CC(=O)O)cc3)C2c2ccccc2)ccc1OC(C)C. The van der Waals surface area contributed by atoms with E-state index in [1.165, 1.54) is 4.90 Å². The molecule has 0 saturated carbocycles. The second-order valence-corrected chi connectivity index (χ2v) is 8.96. The molecule has 1 aliphatic rings. The van der Waals surface area contributed by atoms with Crippen molar-refractivity contribution in [1.29, 1.82) is 0 Å². The number of ketones is 1. The van der Waals surface area contributed by atoms with Gasteiger partial charge in [0, 0.05) is 11.3 Å². The Hall–Kier alpha value is -4.39. The Morgan fingerprint density at radius 1 is 0.972 bits per heavy atom. The standard InChI is InChI=1S/C29H27NO6/c1-17(2)36-23-14-11-21(15-18(23)3)27(33)25-26(20-7-5-4-6-8-20)30(29(35)28(25)34)22-12-9-19(10-13-22)16-24(31)32/h4-15,17,26,33H,16H2,1-3H3,(H,31,32)/b27-25-. The van der Waals surface area contributed by atoms with Crippen molar-refractivity contribution in [2.45, 2.75) is 39.3 Å². The van der Waals surface area contributed by atoms with Gasteiger partial charge >= 0.3 is 5.97 Å². The van der Waals surface area contributed by atoms with E-state index < -0.39 is 23.7 Å². The first-order valence-corrected chi connectivity index (χ1v) is 11.6. The number of carboxylic acids is 1. The van der Waals surface area contributed by atoms with Crippen LogP contribution in [0.2, 0.25) is 0 Å². The fourth-order valence-electron chi connectivity index (χ4n) is 4.34. The quantitative estimate of drug-likeness (QED) is 0.276. The van der Waals surface area contributed by atoms with Crippen LogP contribution in [0, 0.1) is 6.92 Å². The van der Waals surface area contributed by atoms with Crippen molar-refractivity contribution >= 4 is 29.1 Å². The van der Waals surface area contributed by atoms with Crippen LogP contribution in [0.3, 0.4) is 0 Å². The van der Waals surface area contributed by atoms with E-state index in [0.717, 1.165) is 5.56 Å². The molecule has 0 radical (unpaired) electrons. The van der Waals surface area contributed by atoms with E-state index >= 15 is 0 Å². The van der Waals surface area contributed by atoms with E-state index in [9.17, 15) is 19.5 Å². The van der Waals surface area contributed by atoms with Gasteiger partial charge < -0.3 is 14.9 Å². The maximum atomic E-state index is 13.3. The number of aryl methyl sites for hydroxylation is 1. The number of hydrogen-bond donors (Lipinski definition) is 2. The fraction of sp³-hybridized carbons (Fsp3) is 0.207. The zero-order chi connectivity index (χ0) is 26.0. The minimum atomic E-state index is -0.965. The van der Waals surface area contributed by atoms with Crippen LogP contribution in [0.1, 0.15) is 42.1 Å². The molecule has 7 nitrogen and oxygen atoms in total. The number of benzene rings is 3. The lowest BCUT2D eigenvalue weighted by molar-refractivity contribution is -0.136. The van der Waals surface area contributed by atoms with Gasteiger partial charge in [0.2, 0.25) is 0 Å². The highest BCUT2D eigenvalue weighted by Crippen LogP contribution is 2.42. The molecule has 184 valence electrons. The Morgan fingerprint density at radius 3 is 2.22 bits per heavy atom. The molecule has 0 aromatic heterocycles. The Morgan fingerprint density at radius 2 is 1.64 bits per heavy atom. The van der Waals surface area contributed by atoms with Gasteiger partial charge in [-0.05, 0) is 67.8 Å². The van der Waals surface area contributed by atoms with Crippen LogP contribution in [0.4, 0.5) is 5.69 Å². The minimum Gasteiger partial charge on any atom is -0.507 e. The van der Waals surface area contributed by atoms with Crippen molar-refractivity contribution in [3.05, 3.63) is 101 Å². The van der Waals surface area contributed by atoms with Crippen molar-refractivity contribution in [3.63, 3.8) is 0 Å². The second-order valence-electron chi connectivity index (χ2n) is 8.96. The third-order valence-corrected chi connectivity index (χ3v) is 5.94. The Bertz CT molecular complexity index is 1340. The largest absolute Gasteiger partial charge is 0.507 e. The summed E-state index contributed by atoms with van der Waals surface area (Å²) in [6, 6.07) is 19.7. The lowest BCUT2D eigenvalue weighted by Gasteiger charge is -2.25. The van der Waals surface area contributed by atoms with Crippen LogP contribution in [0.25, 0.3) is 5.76 Å². The maximum absolute atomic E-state index is 13.3. The van der Waals surface area contributed by atoms with Crippen molar-refractivity contribution < 1.29 is 29.3 Å². The number of carboxylic acid groups (broad SMARTS) is 1. The number of nitrogens with zero attached hydrogens (tertiary/aromatic N) is 1. The van der Waals surface area contributed by atoms with Gasteiger partial charge in [0.05, 0.1) is 24.1 Å². The molecule has 1 amide bonds. The number of aliphatic hydroxyl groups excluding tert-OH is 1. The summed E-state index contributed by atoms with van der Waals surface area (Å²) in [6.45, 7) is 5.69. The summed E-state index contributed by atoms with van der Waals surface area (Å²) in [4.78, 5) is 38.9. The van der Waals surface area contributed by atoms with E-state index in [4.69, 9.17) is 9.84 Å². The fourth-order valence-corrected chi connectivity index (χ4v) is 4.34. The average molecular weight is 486 g/mol. The highest BCUT2D eigenvalue weighted by Gasteiger charge is 2.46. The van der Waals surface area contributed by atoms with E-state index in [2.05, 4.69) is 0 Å². The molecule has 3 aromatic carbocycles. The normalized spacial score (nSPS) is 17.0. The number of hydrogen-bond acceptors (Lipinski definition) is 5. The summed E-state index contributed by atoms with van der Waals surface area (Å²) in [5, 5.41) is 20.4. The van der Waals surface area contributed by atoms with E-state index in [1.807, 2.05) is 26.8 Å². The zero-order valence-corrected chi connectivity index (χ0v) is 20.3. The summed E-state index contributed by atoms with van der Waals surface area (Å²) >= 11 is 0. The molecule has 1 aliphatic heterocycles.